The van der Waals surface area contributed by atoms with E-state index in [0.717, 1.165) is 18.1 Å². The van der Waals surface area contributed by atoms with Crippen molar-refractivity contribution in [2.45, 2.75) is 12.3 Å². The zero-order valence-corrected chi connectivity index (χ0v) is 17.4. The number of sulfonamides is 1. The van der Waals surface area contributed by atoms with Crippen LogP contribution in [0.2, 0.25) is 0 Å². The molecule has 0 radical (unpaired) electrons. The number of hydrogen-bond donors (Lipinski definition) is 3. The number of rotatable bonds is 9. The van der Waals surface area contributed by atoms with E-state index in [4.69, 9.17) is 5.73 Å². The number of amides is 1. The van der Waals surface area contributed by atoms with E-state index in [9.17, 15) is 13.2 Å². The highest BCUT2D eigenvalue weighted by molar-refractivity contribution is 7.98. The monoisotopic (exact) mass is 417 g/mol. The molecule has 0 aromatic carbocycles. The number of thioether (sulfide) groups is 1. The van der Waals surface area contributed by atoms with E-state index < -0.39 is 20.8 Å². The molecule has 0 fully saturated rings. The number of hydrogen-bond acceptors (Lipinski definition) is 8. The number of nitrogens with two attached hydrogens (primary N) is 1. The lowest BCUT2D eigenvalue weighted by molar-refractivity contribution is -0.114. The van der Waals surface area contributed by atoms with Crippen LogP contribution in [0.15, 0.2) is 27.7 Å². The van der Waals surface area contributed by atoms with E-state index in [1.165, 1.54) is 16.8 Å². The molecular weight excluding hydrogens is 394 g/mol. The van der Waals surface area contributed by atoms with Gasteiger partial charge in [0.05, 0.1) is 6.54 Å². The van der Waals surface area contributed by atoms with E-state index >= 15 is 0 Å². The standard InChI is InChI=1S/C15H23N5O3S3/c1-17-12-13(14(16)21)26(22,23)19-15(12)18-6-7-24-9-11-5-4-10(25-11)8-20(2)3/h4-5,17H,6-9H2,1-3H3,(H2,16,21)(H,18,19). The van der Waals surface area contributed by atoms with Crippen molar-refractivity contribution in [1.82, 2.24) is 14.9 Å². The number of carbonyl (C=O) groups is 1. The van der Waals surface area contributed by atoms with Crippen LogP contribution in [0.5, 0.6) is 0 Å². The van der Waals surface area contributed by atoms with Crippen molar-refractivity contribution in [3.05, 3.63) is 32.5 Å². The second-order valence-corrected chi connectivity index (χ2v) is 9.79. The number of nitrogens with zero attached hydrogens (tertiary/aromatic N) is 2. The molecule has 144 valence electrons. The highest BCUT2D eigenvalue weighted by atomic mass is 32.2. The van der Waals surface area contributed by atoms with Crippen LogP contribution >= 0.6 is 23.1 Å². The number of aliphatic imine (C=N–C) groups is 1. The minimum atomic E-state index is -3.94. The van der Waals surface area contributed by atoms with Gasteiger partial charge in [0, 0.05) is 34.9 Å². The lowest BCUT2D eigenvalue weighted by Gasteiger charge is -2.06. The molecule has 1 aromatic rings. The van der Waals surface area contributed by atoms with Crippen LogP contribution < -0.4 is 15.8 Å². The lowest BCUT2D eigenvalue weighted by Crippen LogP contribution is -2.28. The van der Waals surface area contributed by atoms with Crippen LogP contribution in [0.1, 0.15) is 9.75 Å². The summed E-state index contributed by atoms with van der Waals surface area (Å²) in [7, 11) is 1.67. The van der Waals surface area contributed by atoms with Crippen LogP contribution in [0, 0.1) is 0 Å². The third-order valence-corrected chi connectivity index (χ3v) is 7.02. The van der Waals surface area contributed by atoms with Gasteiger partial charge >= 0.3 is 0 Å². The van der Waals surface area contributed by atoms with Crippen LogP contribution in [0.25, 0.3) is 0 Å². The largest absolute Gasteiger partial charge is 0.384 e. The molecule has 0 aliphatic carbocycles. The van der Waals surface area contributed by atoms with E-state index in [0.29, 0.717) is 6.54 Å². The molecule has 26 heavy (non-hydrogen) atoms. The molecule has 1 aromatic heterocycles. The van der Waals surface area contributed by atoms with Gasteiger partial charge < -0.3 is 16.0 Å². The van der Waals surface area contributed by atoms with Crippen LogP contribution in [-0.4, -0.2) is 58.5 Å². The molecule has 0 atom stereocenters. The fourth-order valence-electron chi connectivity index (χ4n) is 2.36. The third-order valence-electron chi connectivity index (χ3n) is 3.38. The van der Waals surface area contributed by atoms with Crippen molar-refractivity contribution in [2.75, 3.05) is 33.4 Å². The summed E-state index contributed by atoms with van der Waals surface area (Å²) >= 11 is 3.52. The number of primary amides is 1. The van der Waals surface area contributed by atoms with Crippen molar-refractivity contribution >= 4 is 44.9 Å². The fraction of sp³-hybridized carbons (Fsp3) is 0.467. The maximum absolute atomic E-state index is 11.9. The average molecular weight is 418 g/mol. The molecule has 1 aliphatic heterocycles. The topological polar surface area (TPSA) is 117 Å². The molecule has 2 rings (SSSR count). The lowest BCUT2D eigenvalue weighted by atomic mass is 10.3. The zero-order valence-electron chi connectivity index (χ0n) is 14.9. The Bertz CT molecular complexity index is 827. The molecule has 0 saturated heterocycles. The summed E-state index contributed by atoms with van der Waals surface area (Å²) < 4.78 is 26.1. The Morgan fingerprint density at radius 1 is 1.38 bits per heavy atom. The summed E-state index contributed by atoms with van der Waals surface area (Å²) in [5.41, 5.74) is 5.28. The predicted octanol–water partition coefficient (Wildman–Crippen LogP) is 0.291. The first-order valence-corrected chi connectivity index (χ1v) is 11.3. The number of thiophene rings is 1. The number of likely N-dealkylation sites (N-methyl/N-ethyl adjacent to an activating group) is 1. The zero-order chi connectivity index (χ0) is 19.3. The Hall–Kier alpha value is -1.56. The molecule has 0 spiro atoms. The summed E-state index contributed by atoms with van der Waals surface area (Å²) in [4.78, 5) is 19.9. The van der Waals surface area contributed by atoms with E-state index in [-0.39, 0.29) is 11.5 Å². The molecule has 1 amide bonds. The van der Waals surface area contributed by atoms with Crippen molar-refractivity contribution in [2.24, 2.45) is 10.7 Å². The Labute approximate surface area is 162 Å². The third kappa shape index (κ3) is 5.22. The first-order chi connectivity index (χ1) is 12.2. The van der Waals surface area contributed by atoms with Gasteiger partial charge in [0.25, 0.3) is 15.9 Å². The molecule has 1 aliphatic rings. The Kier molecular flexibility index (Phi) is 7.09. The van der Waals surface area contributed by atoms with Gasteiger partial charge in [0.15, 0.2) is 10.7 Å². The Morgan fingerprint density at radius 2 is 2.08 bits per heavy atom. The number of amidine groups is 1. The second-order valence-electron chi connectivity index (χ2n) is 5.81. The van der Waals surface area contributed by atoms with Crippen LogP contribution in [-0.2, 0) is 27.1 Å². The molecular formula is C15H23N5O3S3. The minimum Gasteiger partial charge on any atom is -0.384 e. The van der Waals surface area contributed by atoms with Crippen LogP contribution in [0.3, 0.4) is 0 Å². The molecule has 0 unspecified atom stereocenters. The molecule has 11 heteroatoms. The maximum atomic E-state index is 11.9. The van der Waals surface area contributed by atoms with Gasteiger partial charge in [-0.2, -0.15) is 11.8 Å². The minimum absolute atomic E-state index is 0.120. The van der Waals surface area contributed by atoms with E-state index in [1.54, 1.807) is 23.1 Å². The van der Waals surface area contributed by atoms with Gasteiger partial charge in [-0.25, -0.2) is 8.42 Å². The van der Waals surface area contributed by atoms with Crippen molar-refractivity contribution in [1.29, 1.82) is 0 Å². The van der Waals surface area contributed by atoms with Gasteiger partial charge in [-0.3, -0.25) is 14.5 Å². The first-order valence-electron chi connectivity index (χ1n) is 7.84. The summed E-state index contributed by atoms with van der Waals surface area (Å²) in [5.74, 6) is 0.740. The van der Waals surface area contributed by atoms with Crippen LogP contribution in [0.4, 0.5) is 0 Å². The number of carbonyl (C=O) groups excluding carboxylic acids is 1. The van der Waals surface area contributed by atoms with E-state index in [1.807, 2.05) is 14.1 Å². The average Bonchev–Trinajstić information content (AvgIpc) is 3.07. The van der Waals surface area contributed by atoms with Crippen molar-refractivity contribution in [3.8, 4) is 0 Å². The summed E-state index contributed by atoms with van der Waals surface area (Å²) in [6.07, 6.45) is 0. The smallest absolute Gasteiger partial charge is 0.270 e. The molecule has 2 heterocycles. The van der Waals surface area contributed by atoms with Gasteiger partial charge in [-0.15, -0.1) is 11.3 Å². The Balaban J connectivity index is 1.89. The van der Waals surface area contributed by atoms with E-state index in [2.05, 4.69) is 32.1 Å². The van der Waals surface area contributed by atoms with Gasteiger partial charge in [0.1, 0.15) is 5.70 Å². The molecule has 4 N–H and O–H groups in total. The first kappa shape index (κ1) is 20.7. The van der Waals surface area contributed by atoms with Gasteiger partial charge in [-0.1, -0.05) is 0 Å². The maximum Gasteiger partial charge on any atom is 0.270 e. The number of nitrogens with one attached hydrogen (secondary N) is 2. The molecule has 0 bridgehead atoms. The SMILES string of the molecule is CNC1=C(C(N)=O)S(=O)(=O)NC1=NCCSCc1ccc(CN(C)C)s1. The molecule has 0 saturated carbocycles. The molecule has 8 nitrogen and oxygen atoms in total. The van der Waals surface area contributed by atoms with Gasteiger partial charge in [-0.05, 0) is 26.2 Å². The Morgan fingerprint density at radius 3 is 2.69 bits per heavy atom. The quantitative estimate of drug-likeness (QED) is 0.497. The highest BCUT2D eigenvalue weighted by Gasteiger charge is 2.37. The van der Waals surface area contributed by atoms with Crippen molar-refractivity contribution < 1.29 is 13.2 Å². The van der Waals surface area contributed by atoms with Gasteiger partial charge in [0.2, 0.25) is 0 Å². The summed E-state index contributed by atoms with van der Waals surface area (Å²) in [6.45, 7) is 1.36. The summed E-state index contributed by atoms with van der Waals surface area (Å²) in [5, 5.41) is 2.68. The summed E-state index contributed by atoms with van der Waals surface area (Å²) in [6, 6.07) is 4.28. The van der Waals surface area contributed by atoms with Crippen molar-refractivity contribution in [3.63, 3.8) is 0 Å². The normalized spacial score (nSPS) is 17.8. The predicted molar refractivity (Wildman–Crippen MR) is 108 cm³/mol. The fourth-order valence-corrected chi connectivity index (χ4v) is 5.70. The second kappa shape index (κ2) is 8.89. The highest BCUT2D eigenvalue weighted by Crippen LogP contribution is 2.22.